The highest BCUT2D eigenvalue weighted by molar-refractivity contribution is 5.74. The van der Waals surface area contributed by atoms with E-state index in [4.69, 9.17) is 9.84 Å². The van der Waals surface area contributed by atoms with Crippen LogP contribution in [-0.4, -0.2) is 42.3 Å². The maximum atomic E-state index is 12.2. The second-order valence-corrected chi connectivity index (χ2v) is 6.30. The topological polar surface area (TPSA) is 61.8 Å². The van der Waals surface area contributed by atoms with Gasteiger partial charge < -0.3 is 20.1 Å². The number of carbonyl (C=O) groups is 1. The molecule has 1 aliphatic heterocycles. The minimum atomic E-state index is -0.0621. The normalized spacial score (nSPS) is 21.0. The Morgan fingerprint density at radius 2 is 2.09 bits per heavy atom. The molecule has 2 N–H and O–H groups in total. The van der Waals surface area contributed by atoms with Crippen molar-refractivity contribution in [2.75, 3.05) is 26.3 Å². The second kappa shape index (κ2) is 7.01. The Hall–Kier alpha value is -1.75. The van der Waals surface area contributed by atoms with E-state index in [2.05, 4.69) is 5.32 Å². The van der Waals surface area contributed by atoms with Gasteiger partial charge in [0.05, 0.1) is 6.61 Å². The molecule has 22 heavy (non-hydrogen) atoms. The van der Waals surface area contributed by atoms with Gasteiger partial charge in [0, 0.05) is 37.7 Å². The van der Waals surface area contributed by atoms with E-state index in [0.717, 1.165) is 30.9 Å². The van der Waals surface area contributed by atoms with Gasteiger partial charge in [-0.2, -0.15) is 0 Å². The molecule has 1 heterocycles. The van der Waals surface area contributed by atoms with Crippen LogP contribution in [0, 0.1) is 11.8 Å². The summed E-state index contributed by atoms with van der Waals surface area (Å²) in [6, 6.07) is 7.81. The fourth-order valence-electron chi connectivity index (χ4n) is 2.73. The summed E-state index contributed by atoms with van der Waals surface area (Å²) in [4.78, 5) is 13.9. The molecule has 1 saturated heterocycles. The zero-order valence-corrected chi connectivity index (χ0v) is 12.8. The van der Waals surface area contributed by atoms with Crippen LogP contribution in [0.1, 0.15) is 24.8 Å². The van der Waals surface area contributed by atoms with E-state index in [9.17, 15) is 4.79 Å². The summed E-state index contributed by atoms with van der Waals surface area (Å²) in [6.45, 7) is 2.76. The smallest absolute Gasteiger partial charge is 0.317 e. The summed E-state index contributed by atoms with van der Waals surface area (Å²) in [5, 5.41) is 12.1. The summed E-state index contributed by atoms with van der Waals surface area (Å²) in [6.07, 6.45) is 3.41. The Morgan fingerprint density at radius 1 is 1.27 bits per heavy atom. The first-order valence-corrected chi connectivity index (χ1v) is 8.10. The summed E-state index contributed by atoms with van der Waals surface area (Å²) in [5.41, 5.74) is 1.01. The van der Waals surface area contributed by atoms with E-state index in [0.29, 0.717) is 19.0 Å². The molecule has 1 saturated carbocycles. The molecule has 1 unspecified atom stereocenters. The SMILES string of the molecule is O=C(NCc1ccccc1OCC1CC1)N1CCC(CO)C1. The molecule has 1 aliphatic carbocycles. The van der Waals surface area contributed by atoms with Crippen molar-refractivity contribution in [3.05, 3.63) is 29.8 Å². The zero-order chi connectivity index (χ0) is 15.4. The molecule has 1 aromatic carbocycles. The van der Waals surface area contributed by atoms with E-state index in [1.807, 2.05) is 24.3 Å². The summed E-state index contributed by atoms with van der Waals surface area (Å²) < 4.78 is 5.86. The minimum absolute atomic E-state index is 0.0621. The number of ether oxygens (including phenoxy) is 1. The Bertz CT molecular complexity index is 516. The maximum absolute atomic E-state index is 12.2. The lowest BCUT2D eigenvalue weighted by Crippen LogP contribution is -2.38. The van der Waals surface area contributed by atoms with Crippen LogP contribution in [0.2, 0.25) is 0 Å². The predicted molar refractivity (Wildman–Crippen MR) is 83.7 cm³/mol. The first-order chi connectivity index (χ1) is 10.8. The van der Waals surface area contributed by atoms with E-state index < -0.39 is 0 Å². The number of rotatable bonds is 6. The Labute approximate surface area is 131 Å². The summed E-state index contributed by atoms with van der Waals surface area (Å²) in [7, 11) is 0. The number of nitrogens with zero attached hydrogens (tertiary/aromatic N) is 1. The number of nitrogens with one attached hydrogen (secondary N) is 1. The van der Waals surface area contributed by atoms with Gasteiger partial charge >= 0.3 is 6.03 Å². The number of benzene rings is 1. The molecule has 1 atom stereocenters. The molecular formula is C17H24N2O3. The fraction of sp³-hybridized carbons (Fsp3) is 0.588. The van der Waals surface area contributed by atoms with E-state index in [1.165, 1.54) is 12.8 Å². The van der Waals surface area contributed by atoms with Crippen molar-refractivity contribution in [1.82, 2.24) is 10.2 Å². The second-order valence-electron chi connectivity index (χ2n) is 6.30. The van der Waals surface area contributed by atoms with Gasteiger partial charge in [-0.15, -0.1) is 0 Å². The molecule has 0 spiro atoms. The molecule has 2 aliphatic rings. The Morgan fingerprint density at radius 3 is 2.82 bits per heavy atom. The number of amides is 2. The largest absolute Gasteiger partial charge is 0.493 e. The van der Waals surface area contributed by atoms with Crippen molar-refractivity contribution in [2.45, 2.75) is 25.8 Å². The van der Waals surface area contributed by atoms with Crippen LogP contribution in [0.15, 0.2) is 24.3 Å². The monoisotopic (exact) mass is 304 g/mol. The zero-order valence-electron chi connectivity index (χ0n) is 12.8. The van der Waals surface area contributed by atoms with Crippen LogP contribution in [-0.2, 0) is 6.54 Å². The van der Waals surface area contributed by atoms with Crippen LogP contribution in [0.3, 0.4) is 0 Å². The fourth-order valence-corrected chi connectivity index (χ4v) is 2.73. The van der Waals surface area contributed by atoms with Crippen molar-refractivity contribution in [3.8, 4) is 5.75 Å². The number of likely N-dealkylation sites (tertiary alicyclic amines) is 1. The molecule has 2 amide bonds. The lowest BCUT2D eigenvalue weighted by atomic mass is 10.1. The molecule has 0 radical (unpaired) electrons. The molecule has 2 fully saturated rings. The summed E-state index contributed by atoms with van der Waals surface area (Å²) >= 11 is 0. The number of para-hydroxylation sites is 1. The highest BCUT2D eigenvalue weighted by atomic mass is 16.5. The third-order valence-corrected chi connectivity index (χ3v) is 4.41. The van der Waals surface area contributed by atoms with Crippen molar-refractivity contribution >= 4 is 6.03 Å². The summed E-state index contributed by atoms with van der Waals surface area (Å²) in [5.74, 6) is 1.80. The molecule has 120 valence electrons. The van der Waals surface area contributed by atoms with Crippen molar-refractivity contribution < 1.29 is 14.6 Å². The maximum Gasteiger partial charge on any atom is 0.317 e. The van der Waals surface area contributed by atoms with E-state index in [1.54, 1.807) is 4.90 Å². The Kier molecular flexibility index (Phi) is 4.83. The van der Waals surface area contributed by atoms with Gasteiger partial charge in [0.15, 0.2) is 0 Å². The minimum Gasteiger partial charge on any atom is -0.493 e. The van der Waals surface area contributed by atoms with Crippen molar-refractivity contribution in [2.24, 2.45) is 11.8 Å². The van der Waals surface area contributed by atoms with Crippen LogP contribution in [0.5, 0.6) is 5.75 Å². The van der Waals surface area contributed by atoms with E-state index >= 15 is 0 Å². The molecule has 0 bridgehead atoms. The van der Waals surface area contributed by atoms with Gasteiger partial charge in [-0.25, -0.2) is 4.79 Å². The van der Waals surface area contributed by atoms with E-state index in [-0.39, 0.29) is 18.6 Å². The molecule has 0 aromatic heterocycles. The van der Waals surface area contributed by atoms with Crippen molar-refractivity contribution in [3.63, 3.8) is 0 Å². The third kappa shape index (κ3) is 3.91. The molecule has 1 aromatic rings. The Balaban J connectivity index is 1.51. The van der Waals surface area contributed by atoms with Gasteiger partial charge in [-0.1, -0.05) is 18.2 Å². The number of aliphatic hydroxyl groups excluding tert-OH is 1. The van der Waals surface area contributed by atoms with Gasteiger partial charge in [0.2, 0.25) is 0 Å². The highest BCUT2D eigenvalue weighted by Gasteiger charge is 2.25. The van der Waals surface area contributed by atoms with Gasteiger partial charge in [-0.05, 0) is 31.2 Å². The number of hydrogen-bond acceptors (Lipinski definition) is 3. The van der Waals surface area contributed by atoms with Gasteiger partial charge in [0.25, 0.3) is 0 Å². The lowest BCUT2D eigenvalue weighted by molar-refractivity contribution is 0.198. The van der Waals surface area contributed by atoms with Crippen LogP contribution < -0.4 is 10.1 Å². The highest BCUT2D eigenvalue weighted by Crippen LogP contribution is 2.30. The first kappa shape index (κ1) is 15.2. The quantitative estimate of drug-likeness (QED) is 0.845. The molecular weight excluding hydrogens is 280 g/mol. The number of hydrogen-bond donors (Lipinski definition) is 2. The standard InChI is InChI=1S/C17H24N2O3/c20-11-14-7-8-19(10-14)17(21)18-9-15-3-1-2-4-16(15)22-12-13-5-6-13/h1-4,13-14,20H,5-12H2,(H,18,21). The molecule has 5 nitrogen and oxygen atoms in total. The van der Waals surface area contributed by atoms with Crippen LogP contribution >= 0.6 is 0 Å². The van der Waals surface area contributed by atoms with Crippen LogP contribution in [0.25, 0.3) is 0 Å². The van der Waals surface area contributed by atoms with Crippen molar-refractivity contribution in [1.29, 1.82) is 0 Å². The van der Waals surface area contributed by atoms with Gasteiger partial charge in [-0.3, -0.25) is 0 Å². The third-order valence-electron chi connectivity index (χ3n) is 4.41. The molecule has 5 heteroatoms. The number of aliphatic hydroxyl groups is 1. The average Bonchev–Trinajstić information content (AvgIpc) is 3.25. The lowest BCUT2D eigenvalue weighted by Gasteiger charge is -2.18. The number of urea groups is 1. The number of carbonyl (C=O) groups excluding carboxylic acids is 1. The molecule has 3 rings (SSSR count). The van der Waals surface area contributed by atoms with Crippen LogP contribution in [0.4, 0.5) is 4.79 Å². The predicted octanol–water partition coefficient (Wildman–Crippen LogP) is 2.00. The average molecular weight is 304 g/mol. The first-order valence-electron chi connectivity index (χ1n) is 8.10. The van der Waals surface area contributed by atoms with Gasteiger partial charge in [0.1, 0.15) is 5.75 Å².